The van der Waals surface area contributed by atoms with Gasteiger partial charge in [-0.05, 0) is 38.5 Å². The first-order valence-electron chi connectivity index (χ1n) is 8.71. The largest absolute Gasteiger partial charge is 0.494 e. The Labute approximate surface area is 157 Å². The number of fused-ring (bicyclic) bond motifs is 1. The molecule has 1 saturated heterocycles. The van der Waals surface area contributed by atoms with Crippen LogP contribution >= 0.6 is 11.8 Å². The van der Waals surface area contributed by atoms with Gasteiger partial charge in [-0.25, -0.2) is 9.79 Å². The molecule has 2 heterocycles. The summed E-state index contributed by atoms with van der Waals surface area (Å²) in [6.45, 7) is 6.32. The van der Waals surface area contributed by atoms with Gasteiger partial charge in [0.05, 0.1) is 30.5 Å². The lowest BCUT2D eigenvalue weighted by Gasteiger charge is -2.38. The number of benzene rings is 1. The topological polar surface area (TPSA) is 68.2 Å². The average molecular weight is 374 g/mol. The number of amides is 1. The lowest BCUT2D eigenvalue weighted by molar-refractivity contribution is -0.139. The summed E-state index contributed by atoms with van der Waals surface area (Å²) in [5, 5.41) is 0.644. The van der Waals surface area contributed by atoms with Crippen molar-refractivity contribution >= 4 is 28.8 Å². The molecule has 0 N–H and O–H groups in total. The van der Waals surface area contributed by atoms with Crippen LogP contribution in [-0.2, 0) is 14.3 Å². The van der Waals surface area contributed by atoms with Crippen LogP contribution in [0.15, 0.2) is 40.5 Å². The SMILES string of the molecule is CCOC(=O)C1=C(C)N=C2SCCC(=O)N2C1c1ccc(OCC)cc1. The second kappa shape index (κ2) is 7.95. The summed E-state index contributed by atoms with van der Waals surface area (Å²) < 4.78 is 10.7. The van der Waals surface area contributed by atoms with Crippen LogP contribution < -0.4 is 4.74 Å². The molecule has 0 spiro atoms. The molecule has 1 fully saturated rings. The van der Waals surface area contributed by atoms with Crippen molar-refractivity contribution in [3.63, 3.8) is 0 Å². The third-order valence-corrected chi connectivity index (χ3v) is 5.16. The number of ether oxygens (including phenoxy) is 2. The van der Waals surface area contributed by atoms with Crippen LogP contribution in [0.2, 0.25) is 0 Å². The summed E-state index contributed by atoms with van der Waals surface area (Å²) in [6, 6.07) is 6.95. The summed E-state index contributed by atoms with van der Waals surface area (Å²) in [7, 11) is 0. The number of carbonyl (C=O) groups excluding carboxylic acids is 2. The van der Waals surface area contributed by atoms with Crippen molar-refractivity contribution in [2.24, 2.45) is 4.99 Å². The number of hydrogen-bond acceptors (Lipinski definition) is 6. The number of thioether (sulfide) groups is 1. The number of esters is 1. The van der Waals surface area contributed by atoms with E-state index < -0.39 is 12.0 Å². The standard InChI is InChI=1S/C19H22N2O4S/c1-4-24-14-8-6-13(7-9-14)17-16(18(23)25-5-2)12(3)20-19-21(17)15(22)10-11-26-19/h6-9,17H,4-5,10-11H2,1-3H3. The monoisotopic (exact) mass is 374 g/mol. The summed E-state index contributed by atoms with van der Waals surface area (Å²) in [4.78, 5) is 31.4. The zero-order chi connectivity index (χ0) is 18.7. The van der Waals surface area contributed by atoms with Gasteiger partial charge in [-0.3, -0.25) is 9.69 Å². The number of allylic oxidation sites excluding steroid dienone is 1. The third kappa shape index (κ3) is 3.49. The Morgan fingerprint density at radius 2 is 2.00 bits per heavy atom. The van der Waals surface area contributed by atoms with E-state index in [1.54, 1.807) is 18.7 Å². The minimum atomic E-state index is -0.530. The lowest BCUT2D eigenvalue weighted by atomic mass is 9.94. The Hall–Kier alpha value is -2.28. The molecule has 2 aliphatic heterocycles. The fraction of sp³-hybridized carbons (Fsp3) is 0.421. The van der Waals surface area contributed by atoms with Gasteiger partial charge in [-0.1, -0.05) is 23.9 Å². The Balaban J connectivity index is 2.07. The fourth-order valence-electron chi connectivity index (χ4n) is 3.09. The Kier molecular flexibility index (Phi) is 5.66. The molecule has 2 aliphatic rings. The summed E-state index contributed by atoms with van der Waals surface area (Å²) in [5.74, 6) is 0.982. The molecule has 26 heavy (non-hydrogen) atoms. The van der Waals surface area contributed by atoms with Crippen molar-refractivity contribution < 1.29 is 19.1 Å². The van der Waals surface area contributed by atoms with Crippen molar-refractivity contribution in [1.82, 2.24) is 4.90 Å². The second-order valence-electron chi connectivity index (χ2n) is 5.88. The number of carbonyl (C=O) groups is 2. The molecule has 0 aliphatic carbocycles. The molecule has 0 bridgehead atoms. The van der Waals surface area contributed by atoms with Crippen LogP contribution in [0.5, 0.6) is 5.75 Å². The van der Waals surface area contributed by atoms with Crippen LogP contribution in [0.4, 0.5) is 0 Å². The minimum Gasteiger partial charge on any atom is -0.494 e. The molecular formula is C19H22N2O4S. The number of amidine groups is 1. The van der Waals surface area contributed by atoms with Gasteiger partial charge in [-0.15, -0.1) is 0 Å². The van der Waals surface area contributed by atoms with E-state index in [2.05, 4.69) is 4.99 Å². The van der Waals surface area contributed by atoms with Gasteiger partial charge in [0.15, 0.2) is 5.17 Å². The Bertz CT molecular complexity index is 770. The van der Waals surface area contributed by atoms with Crippen molar-refractivity contribution in [3.05, 3.63) is 41.1 Å². The minimum absolute atomic E-state index is 0.0318. The number of rotatable bonds is 5. The molecule has 3 rings (SSSR count). The predicted molar refractivity (Wildman–Crippen MR) is 101 cm³/mol. The zero-order valence-electron chi connectivity index (χ0n) is 15.2. The Morgan fingerprint density at radius 1 is 1.27 bits per heavy atom. The van der Waals surface area contributed by atoms with E-state index in [-0.39, 0.29) is 12.5 Å². The van der Waals surface area contributed by atoms with Gasteiger partial charge in [0.2, 0.25) is 5.91 Å². The van der Waals surface area contributed by atoms with Gasteiger partial charge in [-0.2, -0.15) is 0 Å². The molecule has 0 radical (unpaired) electrons. The maximum atomic E-state index is 12.6. The van der Waals surface area contributed by atoms with Crippen LogP contribution in [0.1, 0.15) is 38.8 Å². The molecular weight excluding hydrogens is 352 g/mol. The van der Waals surface area contributed by atoms with Crippen molar-refractivity contribution in [1.29, 1.82) is 0 Å². The fourth-order valence-corrected chi connectivity index (χ4v) is 4.10. The third-order valence-electron chi connectivity index (χ3n) is 4.21. The normalized spacial score (nSPS) is 19.8. The lowest BCUT2D eigenvalue weighted by Crippen LogP contribution is -2.45. The molecule has 1 aromatic rings. The van der Waals surface area contributed by atoms with E-state index in [0.717, 1.165) is 11.3 Å². The highest BCUT2D eigenvalue weighted by Crippen LogP contribution is 2.40. The average Bonchev–Trinajstić information content (AvgIpc) is 2.62. The summed E-state index contributed by atoms with van der Waals surface area (Å²) in [6.07, 6.45) is 0.423. The maximum absolute atomic E-state index is 12.6. The van der Waals surface area contributed by atoms with E-state index in [0.29, 0.717) is 35.2 Å². The zero-order valence-corrected chi connectivity index (χ0v) is 16.0. The number of aliphatic imine (C=N–C) groups is 1. The quantitative estimate of drug-likeness (QED) is 0.740. The van der Waals surface area contributed by atoms with Gasteiger partial charge >= 0.3 is 5.97 Å². The van der Waals surface area contributed by atoms with E-state index >= 15 is 0 Å². The number of nitrogens with zero attached hydrogens (tertiary/aromatic N) is 2. The summed E-state index contributed by atoms with van der Waals surface area (Å²) in [5.41, 5.74) is 1.84. The van der Waals surface area contributed by atoms with Gasteiger partial charge < -0.3 is 9.47 Å². The highest BCUT2D eigenvalue weighted by molar-refractivity contribution is 8.14. The molecule has 6 nitrogen and oxygen atoms in total. The molecule has 138 valence electrons. The van der Waals surface area contributed by atoms with E-state index in [9.17, 15) is 9.59 Å². The van der Waals surface area contributed by atoms with Gasteiger partial charge in [0.1, 0.15) is 5.75 Å². The molecule has 1 unspecified atom stereocenters. The van der Waals surface area contributed by atoms with Gasteiger partial charge in [0, 0.05) is 12.2 Å². The Morgan fingerprint density at radius 3 is 2.65 bits per heavy atom. The maximum Gasteiger partial charge on any atom is 0.338 e. The molecule has 0 aromatic heterocycles. The molecule has 1 amide bonds. The van der Waals surface area contributed by atoms with Crippen LogP contribution in [0.25, 0.3) is 0 Å². The van der Waals surface area contributed by atoms with Gasteiger partial charge in [0.25, 0.3) is 0 Å². The van der Waals surface area contributed by atoms with Crippen LogP contribution in [0, 0.1) is 0 Å². The van der Waals surface area contributed by atoms with Crippen molar-refractivity contribution in [2.75, 3.05) is 19.0 Å². The highest BCUT2D eigenvalue weighted by Gasteiger charge is 2.41. The molecule has 7 heteroatoms. The molecule has 0 saturated carbocycles. The van der Waals surface area contributed by atoms with E-state index in [1.807, 2.05) is 31.2 Å². The number of hydrogen-bond donors (Lipinski definition) is 0. The van der Waals surface area contributed by atoms with Crippen molar-refractivity contribution in [3.8, 4) is 5.75 Å². The predicted octanol–water partition coefficient (Wildman–Crippen LogP) is 3.30. The second-order valence-corrected chi connectivity index (χ2v) is 6.94. The van der Waals surface area contributed by atoms with Crippen LogP contribution in [-0.4, -0.2) is 40.9 Å². The van der Waals surface area contributed by atoms with Crippen LogP contribution in [0.3, 0.4) is 0 Å². The van der Waals surface area contributed by atoms with E-state index in [1.165, 1.54) is 11.8 Å². The van der Waals surface area contributed by atoms with Crippen molar-refractivity contribution in [2.45, 2.75) is 33.2 Å². The smallest absolute Gasteiger partial charge is 0.338 e. The molecule has 1 aromatic carbocycles. The molecule has 1 atom stereocenters. The summed E-state index contributed by atoms with van der Waals surface area (Å²) >= 11 is 1.54. The van der Waals surface area contributed by atoms with E-state index in [4.69, 9.17) is 9.47 Å². The highest BCUT2D eigenvalue weighted by atomic mass is 32.2. The first-order valence-corrected chi connectivity index (χ1v) is 9.69. The first-order chi connectivity index (χ1) is 12.6. The first kappa shape index (κ1) is 18.5.